The van der Waals surface area contributed by atoms with Crippen molar-refractivity contribution < 1.29 is 14.3 Å². The quantitative estimate of drug-likeness (QED) is 0.789. The van der Waals surface area contributed by atoms with Gasteiger partial charge in [0.15, 0.2) is 0 Å². The number of methoxy groups -OCH3 is 1. The van der Waals surface area contributed by atoms with Crippen molar-refractivity contribution in [2.24, 2.45) is 5.73 Å². The van der Waals surface area contributed by atoms with E-state index in [0.717, 1.165) is 5.56 Å². The Balaban J connectivity index is 2.22. The summed E-state index contributed by atoms with van der Waals surface area (Å²) in [4.78, 5) is 25.6. The maximum absolute atomic E-state index is 12.8. The molecule has 0 aromatic heterocycles. The second-order valence-corrected chi connectivity index (χ2v) is 6.13. The van der Waals surface area contributed by atoms with E-state index in [4.69, 9.17) is 10.5 Å². The number of carbonyl (C=O) groups excluding carboxylic acids is 2. The van der Waals surface area contributed by atoms with Gasteiger partial charge in [0.1, 0.15) is 5.75 Å². The molecule has 6 heteroatoms. The fourth-order valence-corrected chi connectivity index (χ4v) is 2.82. The monoisotopic (exact) mass is 390 g/mol. The van der Waals surface area contributed by atoms with Crippen LogP contribution in [0.4, 0.5) is 0 Å². The molecule has 2 amide bonds. The highest BCUT2D eigenvalue weighted by atomic mass is 79.9. The molecule has 2 N–H and O–H groups in total. The van der Waals surface area contributed by atoms with E-state index in [0.29, 0.717) is 22.3 Å². The number of benzene rings is 2. The Morgan fingerprint density at radius 2 is 1.88 bits per heavy atom. The van der Waals surface area contributed by atoms with Gasteiger partial charge in [-0.05, 0) is 39.7 Å². The molecular formula is C18H19BrN2O3. The molecule has 0 saturated carbocycles. The van der Waals surface area contributed by atoms with Crippen LogP contribution in [0.3, 0.4) is 0 Å². The van der Waals surface area contributed by atoms with Gasteiger partial charge in [-0.15, -0.1) is 0 Å². The van der Waals surface area contributed by atoms with Crippen LogP contribution in [0, 0.1) is 0 Å². The van der Waals surface area contributed by atoms with Crippen LogP contribution >= 0.6 is 15.9 Å². The fourth-order valence-electron chi connectivity index (χ4n) is 2.28. The van der Waals surface area contributed by atoms with Crippen molar-refractivity contribution in [1.82, 2.24) is 4.90 Å². The Morgan fingerprint density at radius 3 is 2.46 bits per heavy atom. The van der Waals surface area contributed by atoms with E-state index in [1.54, 1.807) is 30.2 Å². The lowest BCUT2D eigenvalue weighted by atomic mass is 10.1. The minimum atomic E-state index is -0.434. The molecule has 0 aliphatic heterocycles. The zero-order chi connectivity index (χ0) is 17.5. The van der Waals surface area contributed by atoms with E-state index in [9.17, 15) is 9.59 Å². The lowest BCUT2D eigenvalue weighted by Gasteiger charge is -2.23. The molecule has 0 aliphatic carbocycles. The molecule has 126 valence electrons. The number of amides is 2. The van der Waals surface area contributed by atoms with Gasteiger partial charge in [0.2, 0.25) is 5.91 Å². The number of halogens is 1. The molecule has 5 nitrogen and oxygen atoms in total. The average Bonchev–Trinajstić information content (AvgIpc) is 2.58. The number of primary amides is 1. The predicted molar refractivity (Wildman–Crippen MR) is 95.7 cm³/mol. The minimum absolute atomic E-state index is 0.121. The lowest BCUT2D eigenvalue weighted by Crippen LogP contribution is -2.33. The number of hydrogen-bond acceptors (Lipinski definition) is 3. The fraction of sp³-hybridized carbons (Fsp3) is 0.222. The van der Waals surface area contributed by atoms with Gasteiger partial charge in [0.05, 0.1) is 11.6 Å². The first-order valence-corrected chi connectivity index (χ1v) is 8.25. The second kappa shape index (κ2) is 8.49. The van der Waals surface area contributed by atoms with E-state index in [1.165, 1.54) is 0 Å². The van der Waals surface area contributed by atoms with Gasteiger partial charge in [-0.2, -0.15) is 0 Å². The number of ether oxygens (including phenoxy) is 1. The molecule has 2 rings (SSSR count). The highest BCUT2D eigenvalue weighted by molar-refractivity contribution is 9.10. The summed E-state index contributed by atoms with van der Waals surface area (Å²) in [6.45, 7) is 0.684. The first kappa shape index (κ1) is 18.0. The molecule has 2 aromatic carbocycles. The summed E-state index contributed by atoms with van der Waals surface area (Å²) in [5.41, 5.74) is 6.74. The molecule has 0 fully saturated rings. The predicted octanol–water partition coefficient (Wildman–Crippen LogP) is 2.98. The van der Waals surface area contributed by atoms with E-state index in [1.807, 2.05) is 30.3 Å². The van der Waals surface area contributed by atoms with Crippen molar-refractivity contribution in [3.05, 3.63) is 64.1 Å². The van der Waals surface area contributed by atoms with E-state index in [-0.39, 0.29) is 18.9 Å². The van der Waals surface area contributed by atoms with Crippen LogP contribution in [-0.4, -0.2) is 30.4 Å². The number of nitrogens with zero attached hydrogens (tertiary/aromatic N) is 1. The number of rotatable bonds is 7. The molecule has 2 aromatic rings. The van der Waals surface area contributed by atoms with Crippen LogP contribution in [0.2, 0.25) is 0 Å². The van der Waals surface area contributed by atoms with Gasteiger partial charge in [-0.25, -0.2) is 0 Å². The van der Waals surface area contributed by atoms with Crippen molar-refractivity contribution >= 4 is 27.7 Å². The Kier molecular flexibility index (Phi) is 6.37. The zero-order valence-electron chi connectivity index (χ0n) is 13.4. The summed E-state index contributed by atoms with van der Waals surface area (Å²) in [6, 6.07) is 14.8. The minimum Gasteiger partial charge on any atom is -0.496 e. The topological polar surface area (TPSA) is 72.6 Å². The maximum Gasteiger partial charge on any atom is 0.254 e. The van der Waals surface area contributed by atoms with Gasteiger partial charge in [0.25, 0.3) is 5.91 Å². The summed E-state index contributed by atoms with van der Waals surface area (Å²) in [5, 5.41) is 0. The van der Waals surface area contributed by atoms with Crippen molar-refractivity contribution in [1.29, 1.82) is 0 Å². The van der Waals surface area contributed by atoms with Gasteiger partial charge >= 0.3 is 0 Å². The lowest BCUT2D eigenvalue weighted by molar-refractivity contribution is -0.118. The van der Waals surface area contributed by atoms with Gasteiger partial charge < -0.3 is 15.4 Å². The smallest absolute Gasteiger partial charge is 0.254 e. The zero-order valence-corrected chi connectivity index (χ0v) is 15.0. The molecule has 24 heavy (non-hydrogen) atoms. The summed E-state index contributed by atoms with van der Waals surface area (Å²) in [6.07, 6.45) is 0.121. The largest absolute Gasteiger partial charge is 0.496 e. The maximum atomic E-state index is 12.8. The third-order valence-corrected chi connectivity index (χ3v) is 4.15. The molecule has 0 saturated heterocycles. The highest BCUT2D eigenvalue weighted by Crippen LogP contribution is 2.26. The normalized spacial score (nSPS) is 10.2. The number of carbonyl (C=O) groups is 2. The standard InChI is InChI=1S/C18H19BrN2O3/c1-24-16-8-7-14(11-15(16)19)18(23)21(10-9-17(20)22)12-13-5-3-2-4-6-13/h2-8,11H,9-10,12H2,1H3,(H2,20,22). The first-order valence-electron chi connectivity index (χ1n) is 7.46. The molecule has 0 aliphatic rings. The molecular weight excluding hydrogens is 372 g/mol. The Bertz CT molecular complexity index is 719. The van der Waals surface area contributed by atoms with Crippen LogP contribution < -0.4 is 10.5 Å². The van der Waals surface area contributed by atoms with Crippen molar-refractivity contribution in [2.75, 3.05) is 13.7 Å². The van der Waals surface area contributed by atoms with Crippen LogP contribution in [0.15, 0.2) is 53.0 Å². The Labute approximate surface area is 149 Å². The molecule has 0 atom stereocenters. The van der Waals surface area contributed by atoms with Crippen molar-refractivity contribution in [3.63, 3.8) is 0 Å². The van der Waals surface area contributed by atoms with Gasteiger partial charge in [-0.3, -0.25) is 9.59 Å². The number of hydrogen-bond donors (Lipinski definition) is 1. The van der Waals surface area contributed by atoms with Crippen LogP contribution in [0.25, 0.3) is 0 Å². The van der Waals surface area contributed by atoms with Crippen molar-refractivity contribution in [2.45, 2.75) is 13.0 Å². The average molecular weight is 391 g/mol. The van der Waals surface area contributed by atoms with E-state index in [2.05, 4.69) is 15.9 Å². The van der Waals surface area contributed by atoms with Gasteiger partial charge in [-0.1, -0.05) is 30.3 Å². The molecule has 0 radical (unpaired) electrons. The summed E-state index contributed by atoms with van der Waals surface area (Å²) in [7, 11) is 1.57. The molecule has 0 heterocycles. The summed E-state index contributed by atoms with van der Waals surface area (Å²) < 4.78 is 5.88. The van der Waals surface area contributed by atoms with Crippen molar-refractivity contribution in [3.8, 4) is 5.75 Å². The van der Waals surface area contributed by atoms with Gasteiger partial charge in [0, 0.05) is 25.1 Å². The third kappa shape index (κ3) is 4.83. The van der Waals surface area contributed by atoms with Crippen LogP contribution in [-0.2, 0) is 11.3 Å². The van der Waals surface area contributed by atoms with Crippen LogP contribution in [0.5, 0.6) is 5.75 Å². The SMILES string of the molecule is COc1ccc(C(=O)N(CCC(N)=O)Cc2ccccc2)cc1Br. The molecule has 0 bridgehead atoms. The number of nitrogens with two attached hydrogens (primary N) is 1. The summed E-state index contributed by atoms with van der Waals surface area (Å²) >= 11 is 3.38. The molecule has 0 unspecified atom stereocenters. The first-order chi connectivity index (χ1) is 11.5. The highest BCUT2D eigenvalue weighted by Gasteiger charge is 2.18. The van der Waals surface area contributed by atoms with E-state index < -0.39 is 5.91 Å². The third-order valence-electron chi connectivity index (χ3n) is 3.53. The molecule has 0 spiro atoms. The summed E-state index contributed by atoms with van der Waals surface area (Å²) in [5.74, 6) is 0.0542. The Morgan fingerprint density at radius 1 is 1.17 bits per heavy atom. The second-order valence-electron chi connectivity index (χ2n) is 5.28. The van der Waals surface area contributed by atoms with Crippen LogP contribution in [0.1, 0.15) is 22.3 Å². The van der Waals surface area contributed by atoms with E-state index >= 15 is 0 Å². The Hall–Kier alpha value is -2.34.